The highest BCUT2D eigenvalue weighted by Crippen LogP contribution is 2.35. The van der Waals surface area contributed by atoms with Crippen molar-refractivity contribution in [2.75, 3.05) is 38.2 Å². The van der Waals surface area contributed by atoms with Crippen molar-refractivity contribution in [3.05, 3.63) is 47.8 Å². The molecule has 148 valence electrons. The highest BCUT2D eigenvalue weighted by molar-refractivity contribution is 7.91. The third-order valence-corrected chi connectivity index (χ3v) is 6.98. The van der Waals surface area contributed by atoms with Crippen molar-refractivity contribution in [1.29, 1.82) is 0 Å². The van der Waals surface area contributed by atoms with Crippen molar-refractivity contribution >= 4 is 26.4 Å². The molecule has 2 heterocycles. The average molecular weight is 403 g/mol. The van der Waals surface area contributed by atoms with E-state index in [9.17, 15) is 12.8 Å². The second-order valence-electron chi connectivity index (χ2n) is 6.84. The van der Waals surface area contributed by atoms with Gasteiger partial charge in [-0.25, -0.2) is 12.8 Å². The van der Waals surface area contributed by atoms with Gasteiger partial charge in [-0.05, 0) is 48.9 Å². The van der Waals surface area contributed by atoms with Crippen LogP contribution in [0.3, 0.4) is 0 Å². The number of methoxy groups -OCH3 is 1. The Balaban J connectivity index is 1.82. The third kappa shape index (κ3) is 3.12. The number of aryl methyl sites for hydroxylation is 1. The molecule has 1 aromatic heterocycles. The number of anilines is 1. The molecule has 0 aliphatic carbocycles. The van der Waals surface area contributed by atoms with E-state index in [0.29, 0.717) is 22.2 Å². The number of aromatic amines is 1. The number of H-pyrrole nitrogens is 1. The molecule has 0 saturated carbocycles. The van der Waals surface area contributed by atoms with Gasteiger partial charge in [0.15, 0.2) is 0 Å². The van der Waals surface area contributed by atoms with E-state index in [0.717, 1.165) is 31.9 Å². The van der Waals surface area contributed by atoms with Crippen LogP contribution in [-0.2, 0) is 9.84 Å². The molecule has 1 aliphatic rings. The second kappa shape index (κ2) is 7.10. The minimum Gasteiger partial charge on any atom is -0.495 e. The van der Waals surface area contributed by atoms with Crippen LogP contribution < -0.4 is 15.0 Å². The standard InChI is InChI=1S/C20H22FN3O3S/c1-13-16-5-3-14(21)11-17(16)23-20(13)28(25,26)15-4-6-19(27-2)18(12-15)24-9-7-22-8-10-24/h3-6,11-12,22-23H,7-10H2,1-2H3. The lowest BCUT2D eigenvalue weighted by atomic mass is 10.2. The van der Waals surface area contributed by atoms with Gasteiger partial charge in [0.1, 0.15) is 16.6 Å². The van der Waals surface area contributed by atoms with Crippen LogP contribution in [0.25, 0.3) is 10.9 Å². The van der Waals surface area contributed by atoms with Crippen molar-refractivity contribution in [2.45, 2.75) is 16.8 Å². The van der Waals surface area contributed by atoms with E-state index in [4.69, 9.17) is 4.74 Å². The molecule has 8 heteroatoms. The number of ether oxygens (including phenoxy) is 1. The number of fused-ring (bicyclic) bond motifs is 1. The van der Waals surface area contributed by atoms with Crippen LogP contribution in [0.5, 0.6) is 5.75 Å². The normalized spacial score (nSPS) is 15.2. The Hall–Kier alpha value is -2.58. The van der Waals surface area contributed by atoms with Gasteiger partial charge in [-0.2, -0.15) is 0 Å². The molecule has 0 atom stereocenters. The van der Waals surface area contributed by atoms with Gasteiger partial charge in [0.25, 0.3) is 0 Å². The molecule has 0 amide bonds. The van der Waals surface area contributed by atoms with Gasteiger partial charge in [-0.15, -0.1) is 0 Å². The molecule has 1 aliphatic heterocycles. The summed E-state index contributed by atoms with van der Waals surface area (Å²) < 4.78 is 45.7. The van der Waals surface area contributed by atoms with Crippen LogP contribution in [0.2, 0.25) is 0 Å². The van der Waals surface area contributed by atoms with E-state index in [1.807, 2.05) is 0 Å². The molecule has 2 aromatic carbocycles. The summed E-state index contributed by atoms with van der Waals surface area (Å²) in [5.74, 6) is 0.222. The molecule has 1 fully saturated rings. The molecule has 4 rings (SSSR count). The van der Waals surface area contributed by atoms with Crippen molar-refractivity contribution < 1.29 is 17.5 Å². The smallest absolute Gasteiger partial charge is 0.222 e. The number of nitrogens with zero attached hydrogens (tertiary/aromatic N) is 1. The first-order valence-corrected chi connectivity index (χ1v) is 10.6. The number of hydrogen-bond acceptors (Lipinski definition) is 5. The van der Waals surface area contributed by atoms with Gasteiger partial charge >= 0.3 is 0 Å². The summed E-state index contributed by atoms with van der Waals surface area (Å²) in [4.78, 5) is 5.18. The Labute approximate surface area is 163 Å². The van der Waals surface area contributed by atoms with Gasteiger partial charge < -0.3 is 19.9 Å². The van der Waals surface area contributed by atoms with E-state index in [1.54, 1.807) is 38.3 Å². The predicted molar refractivity (Wildman–Crippen MR) is 107 cm³/mol. The summed E-state index contributed by atoms with van der Waals surface area (Å²) in [5.41, 5.74) is 1.80. The van der Waals surface area contributed by atoms with E-state index in [1.165, 1.54) is 12.1 Å². The predicted octanol–water partition coefficient (Wildman–Crippen LogP) is 2.87. The van der Waals surface area contributed by atoms with Crippen LogP contribution in [0.4, 0.5) is 10.1 Å². The molecule has 0 radical (unpaired) electrons. The first kappa shape index (κ1) is 18.8. The lowest BCUT2D eigenvalue weighted by Crippen LogP contribution is -2.43. The van der Waals surface area contributed by atoms with Gasteiger partial charge in [-0.3, -0.25) is 0 Å². The van der Waals surface area contributed by atoms with Crippen LogP contribution in [-0.4, -0.2) is 46.7 Å². The van der Waals surface area contributed by atoms with Crippen molar-refractivity contribution in [3.8, 4) is 5.75 Å². The lowest BCUT2D eigenvalue weighted by Gasteiger charge is -2.30. The molecule has 28 heavy (non-hydrogen) atoms. The molecule has 1 saturated heterocycles. The molecule has 0 bridgehead atoms. The van der Waals surface area contributed by atoms with Crippen LogP contribution in [0, 0.1) is 12.7 Å². The number of rotatable bonds is 4. The van der Waals surface area contributed by atoms with Gasteiger partial charge in [-0.1, -0.05) is 0 Å². The highest BCUT2D eigenvalue weighted by Gasteiger charge is 2.26. The Kier molecular flexibility index (Phi) is 4.76. The van der Waals surface area contributed by atoms with E-state index >= 15 is 0 Å². The Morgan fingerprint density at radius 2 is 1.86 bits per heavy atom. The summed E-state index contributed by atoms with van der Waals surface area (Å²) in [6, 6.07) is 9.12. The molecular weight excluding hydrogens is 381 g/mol. The topological polar surface area (TPSA) is 74.4 Å². The van der Waals surface area contributed by atoms with Crippen LogP contribution >= 0.6 is 0 Å². The zero-order valence-corrected chi connectivity index (χ0v) is 16.6. The monoisotopic (exact) mass is 403 g/mol. The number of nitrogens with one attached hydrogen (secondary N) is 2. The van der Waals surface area contributed by atoms with Crippen molar-refractivity contribution in [1.82, 2.24) is 10.3 Å². The summed E-state index contributed by atoms with van der Waals surface area (Å²) >= 11 is 0. The third-order valence-electron chi connectivity index (χ3n) is 5.16. The summed E-state index contributed by atoms with van der Waals surface area (Å²) in [5, 5.41) is 4.06. The largest absolute Gasteiger partial charge is 0.495 e. The molecule has 2 N–H and O–H groups in total. The number of hydrogen-bond donors (Lipinski definition) is 2. The molecule has 3 aromatic rings. The van der Waals surface area contributed by atoms with Crippen molar-refractivity contribution in [3.63, 3.8) is 0 Å². The van der Waals surface area contributed by atoms with Gasteiger partial charge in [0.05, 0.1) is 17.7 Å². The summed E-state index contributed by atoms with van der Waals surface area (Å²) in [6.45, 7) is 4.92. The second-order valence-corrected chi connectivity index (χ2v) is 8.73. The summed E-state index contributed by atoms with van der Waals surface area (Å²) in [7, 11) is -2.23. The number of benzene rings is 2. The van der Waals surface area contributed by atoms with Crippen LogP contribution in [0.15, 0.2) is 46.3 Å². The first-order valence-electron chi connectivity index (χ1n) is 9.08. The zero-order chi connectivity index (χ0) is 19.9. The number of sulfone groups is 1. The van der Waals surface area contributed by atoms with E-state index in [-0.39, 0.29) is 9.92 Å². The summed E-state index contributed by atoms with van der Waals surface area (Å²) in [6.07, 6.45) is 0. The van der Waals surface area contributed by atoms with Crippen LogP contribution in [0.1, 0.15) is 5.56 Å². The fraction of sp³-hybridized carbons (Fsp3) is 0.300. The average Bonchev–Trinajstić information content (AvgIpc) is 3.04. The minimum absolute atomic E-state index is 0.0875. The van der Waals surface area contributed by atoms with Gasteiger partial charge in [0, 0.05) is 37.1 Å². The first-order chi connectivity index (χ1) is 13.4. The van der Waals surface area contributed by atoms with E-state index in [2.05, 4.69) is 15.2 Å². The van der Waals surface area contributed by atoms with Crippen molar-refractivity contribution in [2.24, 2.45) is 0 Å². The molecule has 0 spiro atoms. The number of piperazine rings is 1. The fourth-order valence-corrected chi connectivity index (χ4v) is 5.17. The zero-order valence-electron chi connectivity index (χ0n) is 15.8. The Bertz CT molecular complexity index is 1140. The Morgan fingerprint density at radius 1 is 1.11 bits per heavy atom. The highest BCUT2D eigenvalue weighted by atomic mass is 32.2. The SMILES string of the molecule is COc1ccc(S(=O)(=O)c2[nH]c3cc(F)ccc3c2C)cc1N1CCNCC1. The lowest BCUT2D eigenvalue weighted by molar-refractivity contribution is 0.412. The maximum atomic E-state index is 13.5. The van der Waals surface area contributed by atoms with E-state index < -0.39 is 15.7 Å². The molecule has 6 nitrogen and oxygen atoms in total. The molecule has 0 unspecified atom stereocenters. The maximum Gasteiger partial charge on any atom is 0.222 e. The fourth-order valence-electron chi connectivity index (χ4n) is 3.66. The minimum atomic E-state index is -3.81. The van der Waals surface area contributed by atoms with Gasteiger partial charge in [0.2, 0.25) is 9.84 Å². The number of aromatic nitrogens is 1. The maximum absolute atomic E-state index is 13.5. The molecular formula is C20H22FN3O3S. The quantitative estimate of drug-likeness (QED) is 0.701. The number of halogens is 1. The Morgan fingerprint density at radius 3 is 2.57 bits per heavy atom.